The number of fused-ring (bicyclic) bond motifs is 1. The molecule has 1 atom stereocenters. The van der Waals surface area contributed by atoms with E-state index in [4.69, 9.17) is 0 Å². The molecule has 2 aromatic rings. The minimum atomic E-state index is 0.392. The monoisotopic (exact) mass is 284 g/mol. The minimum absolute atomic E-state index is 0.392. The van der Waals surface area contributed by atoms with E-state index in [0.717, 1.165) is 13.1 Å². The zero-order chi connectivity index (χ0) is 15.1. The predicted molar refractivity (Wildman–Crippen MR) is 92.8 cm³/mol. The number of unbranched alkanes of at least 4 members (excludes halogenated alkanes) is 1. The highest BCUT2D eigenvalue weighted by Gasteiger charge is 2.15. The summed E-state index contributed by atoms with van der Waals surface area (Å²) in [6.45, 7) is 7.66. The van der Waals surface area contributed by atoms with Crippen molar-refractivity contribution in [3.63, 3.8) is 0 Å². The molecule has 0 saturated carbocycles. The number of hydrogen-bond donors (Lipinski definition) is 1. The summed E-state index contributed by atoms with van der Waals surface area (Å²) in [7, 11) is 2.23. The first-order valence-corrected chi connectivity index (χ1v) is 8.15. The molecule has 0 aliphatic rings. The maximum atomic E-state index is 3.66. The van der Waals surface area contributed by atoms with Gasteiger partial charge in [0, 0.05) is 12.6 Å². The van der Waals surface area contributed by atoms with E-state index in [0.29, 0.717) is 6.04 Å². The van der Waals surface area contributed by atoms with Gasteiger partial charge < -0.3 is 10.2 Å². The third kappa shape index (κ3) is 4.29. The molecule has 0 aromatic heterocycles. The van der Waals surface area contributed by atoms with E-state index in [2.05, 4.69) is 73.6 Å². The average molecular weight is 284 g/mol. The van der Waals surface area contributed by atoms with Gasteiger partial charge >= 0.3 is 0 Å². The molecule has 0 heterocycles. The van der Waals surface area contributed by atoms with Crippen LogP contribution in [-0.4, -0.2) is 31.6 Å². The first-order valence-electron chi connectivity index (χ1n) is 8.15. The van der Waals surface area contributed by atoms with E-state index >= 15 is 0 Å². The highest BCUT2D eigenvalue weighted by Crippen LogP contribution is 2.24. The Kier molecular flexibility index (Phi) is 6.21. The van der Waals surface area contributed by atoms with Gasteiger partial charge in [0.1, 0.15) is 0 Å². The Morgan fingerprint density at radius 2 is 1.81 bits per heavy atom. The lowest BCUT2D eigenvalue weighted by Gasteiger charge is -2.26. The van der Waals surface area contributed by atoms with Crippen molar-refractivity contribution >= 4 is 10.8 Å². The molecule has 1 unspecified atom stereocenters. The lowest BCUT2D eigenvalue weighted by Crippen LogP contribution is -2.33. The van der Waals surface area contributed by atoms with Gasteiger partial charge in [0.05, 0.1) is 0 Å². The van der Waals surface area contributed by atoms with Crippen LogP contribution in [0.4, 0.5) is 0 Å². The van der Waals surface area contributed by atoms with Crippen LogP contribution in [0.1, 0.15) is 38.3 Å². The largest absolute Gasteiger partial charge is 0.309 e. The van der Waals surface area contributed by atoms with E-state index in [1.807, 2.05) is 0 Å². The number of benzene rings is 2. The molecule has 2 heteroatoms. The molecule has 0 aliphatic heterocycles. The van der Waals surface area contributed by atoms with Crippen molar-refractivity contribution in [3.8, 4) is 0 Å². The summed E-state index contributed by atoms with van der Waals surface area (Å²) in [4.78, 5) is 2.44. The Balaban J connectivity index is 2.23. The van der Waals surface area contributed by atoms with Gasteiger partial charge in [0.15, 0.2) is 0 Å². The Hall–Kier alpha value is -1.38. The van der Waals surface area contributed by atoms with E-state index in [-0.39, 0.29) is 0 Å². The maximum Gasteiger partial charge on any atom is 0.0455 e. The summed E-state index contributed by atoms with van der Waals surface area (Å²) in [5.74, 6) is 0. The van der Waals surface area contributed by atoms with Crippen LogP contribution in [0.5, 0.6) is 0 Å². The number of nitrogens with zero attached hydrogens (tertiary/aromatic N) is 1. The molecule has 0 fully saturated rings. The maximum absolute atomic E-state index is 3.66. The van der Waals surface area contributed by atoms with Crippen LogP contribution >= 0.6 is 0 Å². The Morgan fingerprint density at radius 1 is 1.05 bits per heavy atom. The Labute approximate surface area is 129 Å². The van der Waals surface area contributed by atoms with E-state index in [9.17, 15) is 0 Å². The average Bonchev–Trinajstić information content (AvgIpc) is 2.52. The van der Waals surface area contributed by atoms with Crippen molar-refractivity contribution in [2.45, 2.75) is 32.7 Å². The molecule has 0 bridgehead atoms. The number of likely N-dealkylation sites (N-methyl/N-ethyl adjacent to an activating group) is 2. The van der Waals surface area contributed by atoms with Crippen molar-refractivity contribution in [1.82, 2.24) is 10.2 Å². The molecule has 2 rings (SSSR count). The molecule has 0 aliphatic carbocycles. The van der Waals surface area contributed by atoms with Gasteiger partial charge in [0.25, 0.3) is 0 Å². The lowest BCUT2D eigenvalue weighted by molar-refractivity contribution is 0.288. The second kappa shape index (κ2) is 8.16. The molecular formula is C19H28N2. The van der Waals surface area contributed by atoms with Crippen LogP contribution in [0.15, 0.2) is 42.5 Å². The van der Waals surface area contributed by atoms with Crippen LogP contribution in [0.25, 0.3) is 10.8 Å². The van der Waals surface area contributed by atoms with Gasteiger partial charge in [-0.05, 0) is 42.9 Å². The number of rotatable bonds is 8. The minimum Gasteiger partial charge on any atom is -0.309 e. The summed E-state index contributed by atoms with van der Waals surface area (Å²) < 4.78 is 0. The third-order valence-electron chi connectivity index (χ3n) is 4.04. The van der Waals surface area contributed by atoms with Gasteiger partial charge in [-0.25, -0.2) is 0 Å². The fourth-order valence-corrected chi connectivity index (χ4v) is 2.90. The molecule has 1 N–H and O–H groups in total. The molecule has 0 radical (unpaired) electrons. The third-order valence-corrected chi connectivity index (χ3v) is 4.04. The fraction of sp³-hybridized carbons (Fsp3) is 0.474. The van der Waals surface area contributed by atoms with Crippen LogP contribution in [0.3, 0.4) is 0 Å². The molecule has 0 saturated heterocycles. The smallest absolute Gasteiger partial charge is 0.0455 e. The van der Waals surface area contributed by atoms with Gasteiger partial charge in [-0.3, -0.25) is 0 Å². The number of hydrogen-bond acceptors (Lipinski definition) is 2. The van der Waals surface area contributed by atoms with Crippen molar-refractivity contribution < 1.29 is 0 Å². The van der Waals surface area contributed by atoms with E-state index < -0.39 is 0 Å². The van der Waals surface area contributed by atoms with E-state index in [1.54, 1.807) is 0 Å². The Morgan fingerprint density at radius 3 is 2.57 bits per heavy atom. The van der Waals surface area contributed by atoms with Gasteiger partial charge in [0.2, 0.25) is 0 Å². The Bertz CT molecular complexity index is 545. The first-order chi connectivity index (χ1) is 10.3. The van der Waals surface area contributed by atoms with Crippen molar-refractivity contribution in [1.29, 1.82) is 0 Å². The summed E-state index contributed by atoms with van der Waals surface area (Å²) in [5, 5.41) is 6.35. The summed E-state index contributed by atoms with van der Waals surface area (Å²) in [6.07, 6.45) is 2.52. The van der Waals surface area contributed by atoms with Crippen LogP contribution in [0, 0.1) is 0 Å². The van der Waals surface area contributed by atoms with Crippen LogP contribution < -0.4 is 5.32 Å². The summed E-state index contributed by atoms with van der Waals surface area (Å²) in [5.41, 5.74) is 1.42. The summed E-state index contributed by atoms with van der Waals surface area (Å²) in [6, 6.07) is 15.7. The second-order valence-corrected chi connectivity index (χ2v) is 5.79. The zero-order valence-electron chi connectivity index (χ0n) is 13.6. The van der Waals surface area contributed by atoms with Gasteiger partial charge in [-0.2, -0.15) is 0 Å². The molecule has 21 heavy (non-hydrogen) atoms. The van der Waals surface area contributed by atoms with Crippen molar-refractivity contribution in [2.24, 2.45) is 0 Å². The van der Waals surface area contributed by atoms with Gasteiger partial charge in [-0.15, -0.1) is 0 Å². The lowest BCUT2D eigenvalue weighted by atomic mass is 9.98. The first kappa shape index (κ1) is 16.0. The normalized spacial score (nSPS) is 13.0. The highest BCUT2D eigenvalue weighted by molar-refractivity contribution is 5.86. The van der Waals surface area contributed by atoms with E-state index in [1.165, 1.54) is 35.7 Å². The van der Waals surface area contributed by atoms with Crippen LogP contribution in [0.2, 0.25) is 0 Å². The number of nitrogens with one attached hydrogen (secondary N) is 1. The predicted octanol–water partition coefficient (Wildman–Crippen LogP) is 4.22. The second-order valence-electron chi connectivity index (χ2n) is 5.79. The van der Waals surface area contributed by atoms with Crippen molar-refractivity contribution in [2.75, 3.05) is 26.7 Å². The quantitative estimate of drug-likeness (QED) is 0.780. The molecule has 0 spiro atoms. The standard InChI is InChI=1S/C19H28N2/c1-4-6-14-21(3)15-19(20-5-2)18-13-9-11-16-10-7-8-12-17(16)18/h7-13,19-20H,4-6,14-15H2,1-3H3. The molecule has 2 aromatic carbocycles. The zero-order valence-corrected chi connectivity index (χ0v) is 13.6. The topological polar surface area (TPSA) is 15.3 Å². The molecule has 0 amide bonds. The van der Waals surface area contributed by atoms with Crippen LogP contribution in [-0.2, 0) is 0 Å². The SMILES string of the molecule is CCCCN(C)CC(NCC)c1cccc2ccccc12. The fourth-order valence-electron chi connectivity index (χ4n) is 2.90. The molecule has 114 valence electrons. The highest BCUT2D eigenvalue weighted by atomic mass is 15.1. The van der Waals surface area contributed by atoms with Crippen molar-refractivity contribution in [3.05, 3.63) is 48.0 Å². The summed E-state index contributed by atoms with van der Waals surface area (Å²) >= 11 is 0. The molecule has 2 nitrogen and oxygen atoms in total. The molecular weight excluding hydrogens is 256 g/mol. The van der Waals surface area contributed by atoms with Gasteiger partial charge in [-0.1, -0.05) is 62.7 Å².